The quantitative estimate of drug-likeness (QED) is 0.351. The van der Waals surface area contributed by atoms with Crippen LogP contribution in [0.5, 0.6) is 0 Å². The first-order valence-corrected chi connectivity index (χ1v) is 6.19. The van der Waals surface area contributed by atoms with E-state index in [-0.39, 0.29) is 0 Å². The van der Waals surface area contributed by atoms with E-state index in [1.807, 2.05) is 5.01 Å². The van der Waals surface area contributed by atoms with E-state index in [0.29, 0.717) is 6.04 Å². The summed E-state index contributed by atoms with van der Waals surface area (Å²) in [6, 6.07) is 0.482. The molecule has 0 atom stereocenters. The van der Waals surface area contributed by atoms with Crippen LogP contribution in [0.3, 0.4) is 0 Å². The molecule has 0 aromatic carbocycles. The minimum absolute atomic E-state index is 0.482. The van der Waals surface area contributed by atoms with Crippen molar-refractivity contribution >= 4 is 0 Å². The van der Waals surface area contributed by atoms with Crippen LogP contribution in [-0.2, 0) is 0 Å². The summed E-state index contributed by atoms with van der Waals surface area (Å²) in [6.45, 7) is 7.59. The molecule has 0 fully saturated rings. The molecule has 0 spiro atoms. The van der Waals surface area contributed by atoms with Crippen LogP contribution >= 0.6 is 0 Å². The van der Waals surface area contributed by atoms with Gasteiger partial charge in [0.05, 0.1) is 0 Å². The maximum Gasteiger partial charge on any atom is 0.0184 e. The molecule has 0 rings (SSSR count). The first kappa shape index (κ1) is 13.9. The largest absolute Gasteiger partial charge is 0.269 e. The first-order valence-electron chi connectivity index (χ1n) is 6.19. The van der Waals surface area contributed by atoms with E-state index in [1.54, 1.807) is 0 Å². The van der Waals surface area contributed by atoms with Crippen LogP contribution in [0, 0.1) is 0 Å². The van der Waals surface area contributed by atoms with Crippen LogP contribution in [0.2, 0.25) is 0 Å². The maximum atomic E-state index is 5.81. The van der Waals surface area contributed by atoms with Crippen LogP contribution in [0.15, 0.2) is 0 Å². The van der Waals surface area contributed by atoms with Crippen molar-refractivity contribution in [3.8, 4) is 0 Å². The molecule has 2 N–H and O–H groups in total. The van der Waals surface area contributed by atoms with Gasteiger partial charge in [-0.25, -0.2) is 5.01 Å². The lowest BCUT2D eigenvalue weighted by molar-refractivity contribution is 0.222. The van der Waals surface area contributed by atoms with Crippen LogP contribution in [0.1, 0.15) is 65.7 Å². The summed E-state index contributed by atoms with van der Waals surface area (Å²) in [5.41, 5.74) is 0. The summed E-state index contributed by atoms with van der Waals surface area (Å²) < 4.78 is 0. The van der Waals surface area contributed by atoms with Crippen molar-refractivity contribution in [2.45, 2.75) is 71.8 Å². The highest BCUT2D eigenvalue weighted by atomic mass is 15.4. The fourth-order valence-corrected chi connectivity index (χ4v) is 1.51. The summed E-state index contributed by atoms with van der Waals surface area (Å²) in [5.74, 6) is 5.81. The van der Waals surface area contributed by atoms with Gasteiger partial charge < -0.3 is 0 Å². The van der Waals surface area contributed by atoms with Crippen LogP contribution in [-0.4, -0.2) is 17.6 Å². The van der Waals surface area contributed by atoms with E-state index < -0.39 is 0 Å². The Bertz CT molecular complexity index is 113. The first-order chi connectivity index (χ1) is 6.68. The molecule has 0 bridgehead atoms. The molecule has 14 heavy (non-hydrogen) atoms. The Morgan fingerprint density at radius 3 is 1.93 bits per heavy atom. The molecular formula is C12H28N2. The molecule has 0 radical (unpaired) electrons. The van der Waals surface area contributed by atoms with E-state index in [9.17, 15) is 0 Å². The van der Waals surface area contributed by atoms with Crippen molar-refractivity contribution in [3.05, 3.63) is 0 Å². The second kappa shape index (κ2) is 9.47. The zero-order valence-electron chi connectivity index (χ0n) is 10.3. The molecule has 0 aliphatic carbocycles. The van der Waals surface area contributed by atoms with Gasteiger partial charge in [0.25, 0.3) is 0 Å². The van der Waals surface area contributed by atoms with Gasteiger partial charge in [0.15, 0.2) is 0 Å². The number of hydrogen-bond donors (Lipinski definition) is 1. The van der Waals surface area contributed by atoms with Crippen LogP contribution in [0.4, 0.5) is 0 Å². The van der Waals surface area contributed by atoms with Gasteiger partial charge in [0, 0.05) is 12.6 Å². The minimum atomic E-state index is 0.482. The third-order valence-electron chi connectivity index (χ3n) is 2.68. The molecular weight excluding hydrogens is 172 g/mol. The van der Waals surface area contributed by atoms with Crippen molar-refractivity contribution in [2.75, 3.05) is 6.54 Å². The zero-order chi connectivity index (χ0) is 10.8. The molecule has 0 unspecified atom stereocenters. The van der Waals surface area contributed by atoms with E-state index in [1.165, 1.54) is 44.9 Å². The molecule has 0 saturated heterocycles. The maximum absolute atomic E-state index is 5.81. The van der Waals surface area contributed by atoms with Crippen LogP contribution < -0.4 is 5.84 Å². The highest BCUT2D eigenvalue weighted by molar-refractivity contribution is 4.54. The van der Waals surface area contributed by atoms with Gasteiger partial charge >= 0.3 is 0 Å². The molecule has 0 aromatic heterocycles. The fraction of sp³-hybridized carbons (Fsp3) is 1.00. The second-order valence-electron chi connectivity index (χ2n) is 4.45. The Balaban J connectivity index is 3.06. The Morgan fingerprint density at radius 2 is 1.43 bits per heavy atom. The van der Waals surface area contributed by atoms with Gasteiger partial charge in [0.2, 0.25) is 0 Å². The van der Waals surface area contributed by atoms with Crippen molar-refractivity contribution in [1.29, 1.82) is 0 Å². The van der Waals surface area contributed by atoms with Gasteiger partial charge in [-0.15, -0.1) is 0 Å². The number of unbranched alkanes of at least 4 members (excludes halogenated alkanes) is 6. The topological polar surface area (TPSA) is 29.3 Å². The summed E-state index contributed by atoms with van der Waals surface area (Å²) in [5, 5.41) is 1.94. The van der Waals surface area contributed by atoms with Gasteiger partial charge in [-0.05, 0) is 20.3 Å². The zero-order valence-corrected chi connectivity index (χ0v) is 10.3. The predicted molar refractivity (Wildman–Crippen MR) is 64.0 cm³/mol. The van der Waals surface area contributed by atoms with Crippen molar-refractivity contribution in [2.24, 2.45) is 5.84 Å². The molecule has 0 heterocycles. The summed E-state index contributed by atoms with van der Waals surface area (Å²) in [7, 11) is 0. The Labute approximate surface area is 89.8 Å². The van der Waals surface area contributed by atoms with Gasteiger partial charge in [-0.3, -0.25) is 5.84 Å². The molecule has 0 amide bonds. The van der Waals surface area contributed by atoms with Gasteiger partial charge in [-0.1, -0.05) is 45.4 Å². The Kier molecular flexibility index (Phi) is 9.42. The van der Waals surface area contributed by atoms with Gasteiger partial charge in [-0.2, -0.15) is 0 Å². The monoisotopic (exact) mass is 200 g/mol. The molecule has 2 heteroatoms. The highest BCUT2D eigenvalue weighted by Crippen LogP contribution is 2.07. The number of hydrazine groups is 1. The average molecular weight is 200 g/mol. The highest BCUT2D eigenvalue weighted by Gasteiger charge is 2.01. The lowest BCUT2D eigenvalue weighted by Crippen LogP contribution is -2.38. The lowest BCUT2D eigenvalue weighted by atomic mass is 10.1. The number of rotatable bonds is 9. The normalized spacial score (nSPS) is 11.6. The van der Waals surface area contributed by atoms with Gasteiger partial charge in [0.1, 0.15) is 0 Å². The summed E-state index contributed by atoms with van der Waals surface area (Å²) in [4.78, 5) is 0. The molecule has 2 nitrogen and oxygen atoms in total. The van der Waals surface area contributed by atoms with Crippen molar-refractivity contribution in [1.82, 2.24) is 5.01 Å². The third kappa shape index (κ3) is 8.52. The van der Waals surface area contributed by atoms with E-state index >= 15 is 0 Å². The number of nitrogens with zero attached hydrogens (tertiary/aromatic N) is 1. The molecule has 0 aliphatic heterocycles. The fourth-order valence-electron chi connectivity index (χ4n) is 1.51. The Hall–Kier alpha value is -0.0800. The smallest absolute Gasteiger partial charge is 0.0184 e. The average Bonchev–Trinajstić information content (AvgIpc) is 2.16. The lowest BCUT2D eigenvalue weighted by Gasteiger charge is -2.20. The summed E-state index contributed by atoms with van der Waals surface area (Å²) >= 11 is 0. The molecule has 0 saturated carbocycles. The van der Waals surface area contributed by atoms with E-state index in [4.69, 9.17) is 5.84 Å². The van der Waals surface area contributed by atoms with Crippen molar-refractivity contribution in [3.63, 3.8) is 0 Å². The standard InChI is InChI=1S/C12H28N2/c1-4-5-6-7-8-9-10-11-14(13)12(2)3/h12H,4-11,13H2,1-3H3. The predicted octanol–water partition coefficient (Wildman–Crippen LogP) is 3.32. The summed E-state index contributed by atoms with van der Waals surface area (Å²) in [6.07, 6.45) is 9.52. The number of hydrogen-bond acceptors (Lipinski definition) is 2. The van der Waals surface area contributed by atoms with Crippen molar-refractivity contribution < 1.29 is 0 Å². The van der Waals surface area contributed by atoms with E-state index in [2.05, 4.69) is 20.8 Å². The molecule has 0 aliphatic rings. The third-order valence-corrected chi connectivity index (χ3v) is 2.68. The van der Waals surface area contributed by atoms with E-state index in [0.717, 1.165) is 6.54 Å². The SMILES string of the molecule is CCCCCCCCCN(N)C(C)C. The number of nitrogens with two attached hydrogens (primary N) is 1. The molecule has 86 valence electrons. The molecule has 0 aromatic rings. The minimum Gasteiger partial charge on any atom is -0.269 e. The second-order valence-corrected chi connectivity index (χ2v) is 4.45. The Morgan fingerprint density at radius 1 is 0.929 bits per heavy atom. The van der Waals surface area contributed by atoms with Crippen LogP contribution in [0.25, 0.3) is 0 Å².